The van der Waals surface area contributed by atoms with E-state index in [0.29, 0.717) is 34.1 Å². The molecule has 0 spiro atoms. The number of hydrogen-bond donors (Lipinski definition) is 2. The fourth-order valence-corrected chi connectivity index (χ4v) is 5.17. The number of rotatable bonds is 9. The summed E-state index contributed by atoms with van der Waals surface area (Å²) in [6.07, 6.45) is 0.281. The summed E-state index contributed by atoms with van der Waals surface area (Å²) >= 11 is 1.25. The molecule has 0 fully saturated rings. The summed E-state index contributed by atoms with van der Waals surface area (Å²) in [5.41, 5.74) is 0.427. The average molecular weight is 513 g/mol. The van der Waals surface area contributed by atoms with Crippen molar-refractivity contribution in [3.63, 3.8) is 0 Å². The molecule has 1 heterocycles. The number of anilines is 1. The second-order valence-electron chi connectivity index (χ2n) is 8.42. The number of sulfonamides is 1. The van der Waals surface area contributed by atoms with Crippen LogP contribution in [-0.4, -0.2) is 49.7 Å². The van der Waals surface area contributed by atoms with E-state index in [1.165, 1.54) is 30.6 Å². The minimum absolute atomic E-state index is 0.0465. The van der Waals surface area contributed by atoms with E-state index in [-0.39, 0.29) is 23.1 Å². The number of nitrogens with one attached hydrogen (secondary N) is 2. The van der Waals surface area contributed by atoms with Gasteiger partial charge in [0.2, 0.25) is 5.91 Å². The zero-order valence-corrected chi connectivity index (χ0v) is 22.1. The molecule has 0 aliphatic rings. The Morgan fingerprint density at radius 1 is 1.21 bits per heavy atom. The van der Waals surface area contributed by atoms with Crippen molar-refractivity contribution in [1.29, 1.82) is 0 Å². The highest BCUT2D eigenvalue weighted by Gasteiger charge is 2.28. The normalized spacial score (nSPS) is 11.7. The third kappa shape index (κ3) is 7.15. The summed E-state index contributed by atoms with van der Waals surface area (Å²) in [6, 6.07) is 4.69. The number of nitrogens with zero attached hydrogens (tertiary/aromatic N) is 2. The van der Waals surface area contributed by atoms with Gasteiger partial charge in [0.1, 0.15) is 16.2 Å². The Kier molecular flexibility index (Phi) is 9.03. The van der Waals surface area contributed by atoms with Crippen molar-refractivity contribution in [3.8, 4) is 16.2 Å². The van der Waals surface area contributed by atoms with E-state index < -0.39 is 21.7 Å². The van der Waals surface area contributed by atoms with Crippen LogP contribution in [0.25, 0.3) is 10.4 Å². The molecule has 2 amide bonds. The third-order valence-corrected chi connectivity index (χ3v) is 6.88. The summed E-state index contributed by atoms with van der Waals surface area (Å²) < 4.78 is 37.0. The molecule has 0 saturated carbocycles. The van der Waals surface area contributed by atoms with Gasteiger partial charge in [-0.3, -0.25) is 4.79 Å². The molecular formula is C22H32N4O6S2. The van der Waals surface area contributed by atoms with E-state index in [1.54, 1.807) is 40.7 Å². The predicted octanol–water partition coefficient (Wildman–Crippen LogP) is 4.32. The predicted molar refractivity (Wildman–Crippen MR) is 131 cm³/mol. The van der Waals surface area contributed by atoms with Gasteiger partial charge < -0.3 is 14.8 Å². The fourth-order valence-electron chi connectivity index (χ4n) is 2.90. The molecule has 34 heavy (non-hydrogen) atoms. The van der Waals surface area contributed by atoms with Crippen LogP contribution in [0.5, 0.6) is 5.75 Å². The lowest BCUT2D eigenvalue weighted by Crippen LogP contribution is -2.48. The second kappa shape index (κ2) is 11.2. The number of thiazole rings is 1. The van der Waals surface area contributed by atoms with Crippen molar-refractivity contribution in [2.45, 2.75) is 64.9 Å². The van der Waals surface area contributed by atoms with E-state index in [1.807, 2.05) is 6.92 Å². The van der Waals surface area contributed by atoms with E-state index in [0.717, 1.165) is 5.01 Å². The van der Waals surface area contributed by atoms with Crippen LogP contribution < -0.4 is 14.9 Å². The SMILES string of the molecule is CCCC(=O)Nc1nc(C)c(-c2ccc(OC)c(S(=O)(=O)NN(CC)C(=O)OC(C)(C)C)c2)s1. The minimum Gasteiger partial charge on any atom is -0.495 e. The maximum Gasteiger partial charge on any atom is 0.425 e. The van der Waals surface area contributed by atoms with Crippen molar-refractivity contribution in [1.82, 2.24) is 14.8 Å². The number of aryl methyl sites for hydroxylation is 1. The molecule has 0 atom stereocenters. The van der Waals surface area contributed by atoms with Crippen molar-refractivity contribution in [2.75, 3.05) is 19.0 Å². The fraction of sp³-hybridized carbons (Fsp3) is 0.500. The van der Waals surface area contributed by atoms with E-state index >= 15 is 0 Å². The maximum absolute atomic E-state index is 13.2. The molecule has 0 aliphatic heterocycles. The molecule has 0 saturated heterocycles. The monoisotopic (exact) mass is 512 g/mol. The van der Waals surface area contributed by atoms with Gasteiger partial charge in [-0.25, -0.2) is 23.2 Å². The lowest BCUT2D eigenvalue weighted by molar-refractivity contribution is -0.116. The number of amides is 2. The van der Waals surface area contributed by atoms with Gasteiger partial charge in [0.05, 0.1) is 17.7 Å². The second-order valence-corrected chi connectivity index (χ2v) is 11.0. The first-order valence-electron chi connectivity index (χ1n) is 10.8. The Hall–Kier alpha value is -2.70. The number of carbonyl (C=O) groups excluding carboxylic acids is 2. The standard InChI is InChI=1S/C22H32N4O6S2/c1-8-10-18(27)24-20-23-14(3)19(33-20)15-11-12-16(31-7)17(13-15)34(29,30)25-26(9-2)21(28)32-22(4,5)6/h11-13,25H,8-10H2,1-7H3,(H,23,24,27). The van der Waals surface area contributed by atoms with Crippen LogP contribution in [0.3, 0.4) is 0 Å². The first-order valence-corrected chi connectivity index (χ1v) is 13.1. The number of aromatic nitrogens is 1. The molecule has 2 N–H and O–H groups in total. The van der Waals surface area contributed by atoms with Gasteiger partial charge in [0.15, 0.2) is 5.13 Å². The number of ether oxygens (including phenoxy) is 2. The topological polar surface area (TPSA) is 127 Å². The Labute approximate surface area is 204 Å². The van der Waals surface area contributed by atoms with Gasteiger partial charge in [0.25, 0.3) is 10.0 Å². The van der Waals surface area contributed by atoms with Gasteiger partial charge in [-0.2, -0.15) is 0 Å². The van der Waals surface area contributed by atoms with E-state index in [2.05, 4.69) is 15.1 Å². The zero-order valence-electron chi connectivity index (χ0n) is 20.5. The first kappa shape index (κ1) is 27.5. The molecule has 1 aromatic carbocycles. The summed E-state index contributed by atoms with van der Waals surface area (Å²) in [5, 5.41) is 4.08. The zero-order chi connectivity index (χ0) is 25.7. The van der Waals surface area contributed by atoms with Crippen LogP contribution in [0.4, 0.5) is 9.93 Å². The molecule has 0 bridgehead atoms. The molecule has 0 unspecified atom stereocenters. The van der Waals surface area contributed by atoms with E-state index in [9.17, 15) is 18.0 Å². The third-order valence-electron chi connectivity index (χ3n) is 4.40. The summed E-state index contributed by atoms with van der Waals surface area (Å²) in [5.74, 6) is -0.0260. The Bertz CT molecular complexity index is 1140. The maximum atomic E-state index is 13.2. The summed E-state index contributed by atoms with van der Waals surface area (Å²) in [6.45, 7) is 10.4. The smallest absolute Gasteiger partial charge is 0.425 e. The highest BCUT2D eigenvalue weighted by molar-refractivity contribution is 7.89. The highest BCUT2D eigenvalue weighted by Crippen LogP contribution is 2.36. The average Bonchev–Trinajstić information content (AvgIpc) is 3.10. The molecule has 12 heteroatoms. The van der Waals surface area contributed by atoms with E-state index in [4.69, 9.17) is 9.47 Å². The first-order chi connectivity index (χ1) is 15.8. The molecule has 188 valence electrons. The van der Waals surface area contributed by atoms with Crippen LogP contribution in [-0.2, 0) is 19.6 Å². The minimum atomic E-state index is -4.21. The molecule has 2 rings (SSSR count). The molecular weight excluding hydrogens is 480 g/mol. The van der Waals surface area contributed by atoms with Gasteiger partial charge in [0, 0.05) is 13.0 Å². The van der Waals surface area contributed by atoms with Gasteiger partial charge >= 0.3 is 6.09 Å². The van der Waals surface area contributed by atoms with Crippen molar-refractivity contribution in [3.05, 3.63) is 23.9 Å². The number of benzene rings is 1. The van der Waals surface area contributed by atoms with Crippen molar-refractivity contribution in [2.24, 2.45) is 0 Å². The molecule has 2 aromatic rings. The van der Waals surface area contributed by atoms with Gasteiger partial charge in [-0.1, -0.05) is 18.3 Å². The van der Waals surface area contributed by atoms with Gasteiger partial charge in [-0.05, 0) is 64.8 Å². The lowest BCUT2D eigenvalue weighted by atomic mass is 10.1. The highest BCUT2D eigenvalue weighted by atomic mass is 32.2. The quantitative estimate of drug-likeness (QED) is 0.479. The summed E-state index contributed by atoms with van der Waals surface area (Å²) in [4.78, 5) is 31.6. The number of carbonyl (C=O) groups is 2. The lowest BCUT2D eigenvalue weighted by Gasteiger charge is -2.26. The Morgan fingerprint density at radius 3 is 2.44 bits per heavy atom. The molecule has 0 radical (unpaired) electrons. The molecule has 10 nitrogen and oxygen atoms in total. The van der Waals surface area contributed by atoms with Crippen LogP contribution in [0.2, 0.25) is 0 Å². The molecule has 0 aliphatic carbocycles. The van der Waals surface area contributed by atoms with Crippen LogP contribution in [0, 0.1) is 6.92 Å². The Morgan fingerprint density at radius 2 is 1.88 bits per heavy atom. The van der Waals surface area contributed by atoms with Crippen LogP contribution in [0.1, 0.15) is 53.2 Å². The van der Waals surface area contributed by atoms with Crippen LogP contribution in [0.15, 0.2) is 23.1 Å². The largest absolute Gasteiger partial charge is 0.495 e. The Balaban J connectivity index is 2.41. The number of methoxy groups -OCH3 is 1. The molecule has 1 aromatic heterocycles. The number of hydrazine groups is 1. The van der Waals surface area contributed by atoms with Crippen molar-refractivity contribution >= 4 is 38.5 Å². The van der Waals surface area contributed by atoms with Gasteiger partial charge in [-0.15, -0.1) is 4.83 Å². The number of hydrogen-bond acceptors (Lipinski definition) is 8. The summed E-state index contributed by atoms with van der Waals surface area (Å²) in [7, 11) is -2.85. The van der Waals surface area contributed by atoms with Crippen molar-refractivity contribution < 1.29 is 27.5 Å². The van der Waals surface area contributed by atoms with Crippen LogP contribution >= 0.6 is 11.3 Å².